The summed E-state index contributed by atoms with van der Waals surface area (Å²) >= 11 is 5.96. The number of methoxy groups -OCH3 is 1. The van der Waals surface area contributed by atoms with E-state index in [-0.39, 0.29) is 18.4 Å². The summed E-state index contributed by atoms with van der Waals surface area (Å²) in [6, 6.07) is 7.19. The Bertz CT molecular complexity index is 407. The van der Waals surface area contributed by atoms with Gasteiger partial charge in [0.2, 0.25) is 5.91 Å². The molecule has 2 rings (SSSR count). The van der Waals surface area contributed by atoms with E-state index in [0.717, 1.165) is 11.4 Å². The Kier molecular flexibility index (Phi) is 3.54. The molecule has 0 radical (unpaired) electrons. The van der Waals surface area contributed by atoms with E-state index in [1.807, 2.05) is 0 Å². The van der Waals surface area contributed by atoms with Gasteiger partial charge in [0.25, 0.3) is 0 Å². The van der Waals surface area contributed by atoms with Crippen LogP contribution in [0.1, 0.15) is 0 Å². The van der Waals surface area contributed by atoms with Crippen LogP contribution >= 0.6 is 11.6 Å². The average molecular weight is 256 g/mol. The summed E-state index contributed by atoms with van der Waals surface area (Å²) in [5, 5.41) is 8.48. The molecule has 0 bridgehead atoms. The Balaban J connectivity index is 2.20. The van der Waals surface area contributed by atoms with Gasteiger partial charge in [-0.1, -0.05) is 0 Å². The molecule has 1 amide bonds. The number of aliphatic hydroxyl groups excluding tert-OH is 1. The fourth-order valence-electron chi connectivity index (χ4n) is 1.91. The van der Waals surface area contributed by atoms with Gasteiger partial charge in [-0.05, 0) is 24.3 Å². The molecule has 0 unspecified atom stereocenters. The minimum atomic E-state index is -0.637. The molecular formula is C12H14ClNO3. The van der Waals surface area contributed by atoms with Crippen LogP contribution in [0.25, 0.3) is 0 Å². The van der Waals surface area contributed by atoms with Crippen molar-refractivity contribution in [2.45, 2.75) is 5.38 Å². The second-order valence-electron chi connectivity index (χ2n) is 3.99. The third-order valence-corrected chi connectivity index (χ3v) is 3.49. The minimum absolute atomic E-state index is 0.0768. The van der Waals surface area contributed by atoms with E-state index in [0.29, 0.717) is 6.54 Å². The van der Waals surface area contributed by atoms with E-state index in [2.05, 4.69) is 0 Å². The van der Waals surface area contributed by atoms with Gasteiger partial charge in [-0.15, -0.1) is 11.6 Å². The molecule has 1 N–H and O–H groups in total. The smallest absolute Gasteiger partial charge is 0.245 e. The van der Waals surface area contributed by atoms with E-state index < -0.39 is 5.38 Å². The van der Waals surface area contributed by atoms with Crippen molar-refractivity contribution in [2.24, 2.45) is 5.92 Å². The first-order chi connectivity index (χ1) is 8.17. The molecule has 0 saturated carbocycles. The molecule has 1 heterocycles. The number of ether oxygens (including phenoxy) is 1. The first-order valence-corrected chi connectivity index (χ1v) is 5.81. The number of benzene rings is 1. The lowest BCUT2D eigenvalue weighted by atomic mass is 10.1. The van der Waals surface area contributed by atoms with Crippen LogP contribution in [0, 0.1) is 5.92 Å². The van der Waals surface area contributed by atoms with E-state index in [4.69, 9.17) is 21.4 Å². The number of amides is 1. The van der Waals surface area contributed by atoms with E-state index in [9.17, 15) is 4.79 Å². The molecular weight excluding hydrogens is 242 g/mol. The highest BCUT2D eigenvalue weighted by atomic mass is 35.5. The molecule has 17 heavy (non-hydrogen) atoms. The second-order valence-corrected chi connectivity index (χ2v) is 4.46. The van der Waals surface area contributed by atoms with Crippen LogP contribution in [-0.2, 0) is 4.79 Å². The molecule has 1 aromatic carbocycles. The average Bonchev–Trinajstić information content (AvgIpc) is 2.66. The maximum Gasteiger partial charge on any atom is 0.245 e. The number of hydrogen-bond donors (Lipinski definition) is 1. The van der Waals surface area contributed by atoms with Gasteiger partial charge in [0.1, 0.15) is 11.1 Å². The number of halogens is 1. The predicted molar refractivity (Wildman–Crippen MR) is 65.6 cm³/mol. The van der Waals surface area contributed by atoms with Crippen LogP contribution in [0.4, 0.5) is 5.69 Å². The summed E-state index contributed by atoms with van der Waals surface area (Å²) in [6.45, 7) is 0.377. The second kappa shape index (κ2) is 4.94. The number of carbonyl (C=O) groups excluding carboxylic acids is 1. The number of hydrogen-bond acceptors (Lipinski definition) is 3. The van der Waals surface area contributed by atoms with Crippen molar-refractivity contribution < 1.29 is 14.6 Å². The predicted octanol–water partition coefficient (Wildman–Crippen LogP) is 1.26. The molecule has 5 heteroatoms. The standard InChI is InChI=1S/C12H14ClNO3/c1-17-10-4-2-9(3-5-10)14-6-8(7-15)11(13)12(14)16/h2-5,8,11,15H,6-7H2,1H3/t8-,11+/m0/s1. The third kappa shape index (κ3) is 2.23. The zero-order valence-corrected chi connectivity index (χ0v) is 10.2. The van der Waals surface area contributed by atoms with Crippen LogP contribution < -0.4 is 9.64 Å². The molecule has 0 spiro atoms. The van der Waals surface area contributed by atoms with Crippen molar-refractivity contribution in [2.75, 3.05) is 25.2 Å². The molecule has 1 fully saturated rings. The molecule has 1 aliphatic rings. The maximum absolute atomic E-state index is 11.9. The summed E-state index contributed by atoms with van der Waals surface area (Å²) < 4.78 is 5.05. The van der Waals surface area contributed by atoms with E-state index in [1.54, 1.807) is 36.3 Å². The Labute approximate surface area is 105 Å². The summed E-state index contributed by atoms with van der Waals surface area (Å²) in [5.74, 6) is 0.378. The Morgan fingerprint density at radius 1 is 1.47 bits per heavy atom. The number of carbonyl (C=O) groups is 1. The molecule has 92 valence electrons. The lowest BCUT2D eigenvalue weighted by Gasteiger charge is -2.16. The van der Waals surface area contributed by atoms with Crippen molar-refractivity contribution in [1.29, 1.82) is 0 Å². The van der Waals surface area contributed by atoms with Gasteiger partial charge in [0.05, 0.1) is 7.11 Å². The van der Waals surface area contributed by atoms with Gasteiger partial charge in [0.15, 0.2) is 0 Å². The first kappa shape index (κ1) is 12.2. The first-order valence-electron chi connectivity index (χ1n) is 5.37. The van der Waals surface area contributed by atoms with Crippen LogP contribution in [0.3, 0.4) is 0 Å². The number of nitrogens with zero attached hydrogens (tertiary/aromatic N) is 1. The molecule has 1 aliphatic heterocycles. The fourth-order valence-corrected chi connectivity index (χ4v) is 2.19. The Morgan fingerprint density at radius 2 is 2.12 bits per heavy atom. The highest BCUT2D eigenvalue weighted by molar-refractivity contribution is 6.34. The summed E-state index contributed by atoms with van der Waals surface area (Å²) in [5.41, 5.74) is 0.775. The zero-order valence-electron chi connectivity index (χ0n) is 9.47. The Hall–Kier alpha value is -1.26. The van der Waals surface area contributed by atoms with Crippen molar-refractivity contribution >= 4 is 23.2 Å². The lowest BCUT2D eigenvalue weighted by Crippen LogP contribution is -2.27. The van der Waals surface area contributed by atoms with Gasteiger partial charge in [-0.25, -0.2) is 0 Å². The normalized spacial score (nSPS) is 24.2. The number of rotatable bonds is 3. The van der Waals surface area contributed by atoms with Crippen molar-refractivity contribution in [3.05, 3.63) is 24.3 Å². The van der Waals surface area contributed by atoms with Crippen molar-refractivity contribution in [3.8, 4) is 5.75 Å². The highest BCUT2D eigenvalue weighted by Gasteiger charge is 2.39. The van der Waals surface area contributed by atoms with Crippen LogP contribution in [0.15, 0.2) is 24.3 Å². The molecule has 1 aromatic rings. The van der Waals surface area contributed by atoms with Gasteiger partial charge >= 0.3 is 0 Å². The molecule has 0 aromatic heterocycles. The SMILES string of the molecule is COc1ccc(N2C[C@@H](CO)[C@@H](Cl)C2=O)cc1. The monoisotopic (exact) mass is 255 g/mol. The number of anilines is 1. The lowest BCUT2D eigenvalue weighted by molar-refractivity contribution is -0.117. The van der Waals surface area contributed by atoms with Crippen LogP contribution in [-0.4, -0.2) is 36.7 Å². The molecule has 0 aliphatic carbocycles. The topological polar surface area (TPSA) is 49.8 Å². The van der Waals surface area contributed by atoms with Crippen molar-refractivity contribution in [1.82, 2.24) is 0 Å². The maximum atomic E-state index is 11.9. The molecule has 1 saturated heterocycles. The fraction of sp³-hybridized carbons (Fsp3) is 0.417. The molecule has 4 nitrogen and oxygen atoms in total. The van der Waals surface area contributed by atoms with Gasteiger partial charge in [-0.2, -0.15) is 0 Å². The summed E-state index contributed by atoms with van der Waals surface area (Å²) in [7, 11) is 1.59. The van der Waals surface area contributed by atoms with Crippen LogP contribution in [0.5, 0.6) is 5.75 Å². The van der Waals surface area contributed by atoms with Gasteiger partial charge in [-0.3, -0.25) is 4.79 Å². The summed E-state index contributed by atoms with van der Waals surface area (Å²) in [4.78, 5) is 13.5. The van der Waals surface area contributed by atoms with Gasteiger partial charge in [0, 0.05) is 24.8 Å². The third-order valence-electron chi connectivity index (χ3n) is 2.95. The Morgan fingerprint density at radius 3 is 2.59 bits per heavy atom. The van der Waals surface area contributed by atoms with E-state index >= 15 is 0 Å². The van der Waals surface area contributed by atoms with E-state index in [1.165, 1.54) is 0 Å². The zero-order chi connectivity index (χ0) is 12.4. The quantitative estimate of drug-likeness (QED) is 0.828. The minimum Gasteiger partial charge on any atom is -0.497 e. The number of alkyl halides is 1. The summed E-state index contributed by atoms with van der Waals surface area (Å²) in [6.07, 6.45) is 0. The molecule has 2 atom stereocenters. The number of aliphatic hydroxyl groups is 1. The van der Waals surface area contributed by atoms with Crippen LogP contribution in [0.2, 0.25) is 0 Å². The van der Waals surface area contributed by atoms with Crippen molar-refractivity contribution in [3.63, 3.8) is 0 Å². The van der Waals surface area contributed by atoms with Gasteiger partial charge < -0.3 is 14.7 Å². The largest absolute Gasteiger partial charge is 0.497 e. The highest BCUT2D eigenvalue weighted by Crippen LogP contribution is 2.29.